The van der Waals surface area contributed by atoms with Gasteiger partial charge in [-0.15, -0.1) is 0 Å². The first kappa shape index (κ1) is 22.7. The number of hydrogen-bond acceptors (Lipinski definition) is 6. The molecule has 1 fully saturated rings. The van der Waals surface area contributed by atoms with Gasteiger partial charge < -0.3 is 4.98 Å². The van der Waals surface area contributed by atoms with Crippen molar-refractivity contribution >= 4 is 33.4 Å². The van der Waals surface area contributed by atoms with E-state index in [4.69, 9.17) is 0 Å². The Kier molecular flexibility index (Phi) is 6.84. The number of carbonyl (C=O) groups is 2. The molecule has 1 saturated heterocycles. The van der Waals surface area contributed by atoms with Crippen LogP contribution in [0.3, 0.4) is 0 Å². The van der Waals surface area contributed by atoms with Crippen molar-refractivity contribution in [1.29, 1.82) is 0 Å². The molecule has 30 heavy (non-hydrogen) atoms. The molecule has 2 aromatic heterocycles. The van der Waals surface area contributed by atoms with Gasteiger partial charge in [0.2, 0.25) is 10.0 Å². The van der Waals surface area contributed by atoms with Gasteiger partial charge in [0, 0.05) is 30.5 Å². The molecule has 0 bridgehead atoms. The van der Waals surface area contributed by atoms with Crippen LogP contribution in [-0.2, 0) is 10.0 Å². The number of H-pyrrole nitrogens is 1. The monoisotopic (exact) mass is 449 g/mol. The Morgan fingerprint density at radius 1 is 1.17 bits per heavy atom. The third-order valence-electron chi connectivity index (χ3n) is 5.36. The normalized spacial score (nSPS) is 16.4. The number of thioether (sulfide) groups is 1. The van der Waals surface area contributed by atoms with Gasteiger partial charge in [0.1, 0.15) is 4.90 Å². The van der Waals surface area contributed by atoms with Gasteiger partial charge in [-0.3, -0.25) is 9.59 Å². The van der Waals surface area contributed by atoms with E-state index in [0.29, 0.717) is 40.6 Å². The first-order valence-electron chi connectivity index (χ1n) is 10.00. The number of rotatable bonds is 7. The Morgan fingerprint density at radius 3 is 2.37 bits per heavy atom. The molecule has 0 radical (unpaired) electrons. The molecule has 0 aromatic carbocycles. The zero-order valence-electron chi connectivity index (χ0n) is 17.7. The van der Waals surface area contributed by atoms with E-state index in [2.05, 4.69) is 9.97 Å². The van der Waals surface area contributed by atoms with Gasteiger partial charge >= 0.3 is 0 Å². The molecule has 3 heterocycles. The lowest BCUT2D eigenvalue weighted by molar-refractivity contribution is 0.0988. The van der Waals surface area contributed by atoms with Crippen LogP contribution in [0.4, 0.5) is 0 Å². The summed E-state index contributed by atoms with van der Waals surface area (Å²) in [4.78, 5) is 32.2. The van der Waals surface area contributed by atoms with Crippen LogP contribution in [-0.4, -0.2) is 52.6 Å². The van der Waals surface area contributed by atoms with Gasteiger partial charge in [-0.2, -0.15) is 4.31 Å². The van der Waals surface area contributed by atoms with Crippen LogP contribution in [0.15, 0.2) is 28.3 Å². The minimum atomic E-state index is -3.52. The number of Topliss-reactive ketones (excluding diaryl/α,β-unsaturated/α-hetero) is 2. The third-order valence-corrected chi connectivity index (χ3v) is 8.30. The highest BCUT2D eigenvalue weighted by Crippen LogP contribution is 2.28. The van der Waals surface area contributed by atoms with Gasteiger partial charge in [0.05, 0.1) is 16.0 Å². The lowest BCUT2D eigenvalue weighted by atomic mass is 10.0. The maximum atomic E-state index is 12.9. The van der Waals surface area contributed by atoms with E-state index in [0.717, 1.165) is 19.3 Å². The number of hydrogen-bond donors (Lipinski definition) is 1. The van der Waals surface area contributed by atoms with Crippen molar-refractivity contribution in [2.24, 2.45) is 0 Å². The zero-order valence-corrected chi connectivity index (χ0v) is 19.3. The molecule has 1 N–H and O–H groups in total. The molecule has 0 saturated carbocycles. The Labute approximate surface area is 181 Å². The van der Waals surface area contributed by atoms with E-state index < -0.39 is 15.3 Å². The number of aryl methyl sites for hydroxylation is 1. The number of nitrogens with zero attached hydrogens (tertiary/aromatic N) is 2. The molecular formula is C21H27N3O4S2. The highest BCUT2D eigenvalue weighted by molar-refractivity contribution is 8.00. The smallest absolute Gasteiger partial charge is 0.244 e. The molecule has 2 aromatic rings. The number of pyridine rings is 1. The van der Waals surface area contributed by atoms with E-state index in [1.165, 1.54) is 29.2 Å². The molecule has 162 valence electrons. The summed E-state index contributed by atoms with van der Waals surface area (Å²) < 4.78 is 27.0. The van der Waals surface area contributed by atoms with Gasteiger partial charge in [-0.25, -0.2) is 13.4 Å². The summed E-state index contributed by atoms with van der Waals surface area (Å²) in [7, 11) is -3.52. The first-order valence-corrected chi connectivity index (χ1v) is 12.3. The van der Waals surface area contributed by atoms with Crippen molar-refractivity contribution in [3.05, 3.63) is 40.8 Å². The molecular weight excluding hydrogens is 422 g/mol. The van der Waals surface area contributed by atoms with Gasteiger partial charge in [0.25, 0.3) is 0 Å². The fraction of sp³-hybridized carbons (Fsp3) is 0.476. The van der Waals surface area contributed by atoms with Crippen molar-refractivity contribution in [3.63, 3.8) is 0 Å². The second-order valence-corrected chi connectivity index (χ2v) is 10.9. The van der Waals surface area contributed by atoms with Crippen LogP contribution < -0.4 is 0 Å². The Bertz CT molecular complexity index is 1050. The van der Waals surface area contributed by atoms with Crippen molar-refractivity contribution < 1.29 is 18.0 Å². The summed E-state index contributed by atoms with van der Waals surface area (Å²) in [5.74, 6) is -0.201. The molecule has 7 nitrogen and oxygen atoms in total. The van der Waals surface area contributed by atoms with Gasteiger partial charge in [-0.05, 0) is 58.2 Å². The zero-order chi connectivity index (χ0) is 22.1. The predicted octanol–water partition coefficient (Wildman–Crippen LogP) is 3.77. The minimum Gasteiger partial charge on any atom is -0.355 e. The Morgan fingerprint density at radius 2 is 1.83 bits per heavy atom. The SMILES string of the molecule is CC(=O)c1c(C)[nH]c(C(=O)C(C)Sc2ccc(S(=O)(=O)N3CCCCC3)cn2)c1C. The number of piperidine rings is 1. The van der Waals surface area contributed by atoms with Crippen molar-refractivity contribution in [2.45, 2.75) is 62.1 Å². The largest absolute Gasteiger partial charge is 0.355 e. The lowest BCUT2D eigenvalue weighted by Gasteiger charge is -2.25. The number of nitrogens with one attached hydrogen (secondary N) is 1. The second-order valence-electron chi connectivity index (χ2n) is 7.60. The average Bonchev–Trinajstić information content (AvgIpc) is 3.02. The van der Waals surface area contributed by atoms with Crippen LogP contribution in [0.1, 0.15) is 65.2 Å². The van der Waals surface area contributed by atoms with Crippen LogP contribution in [0, 0.1) is 13.8 Å². The molecule has 1 aliphatic rings. The maximum Gasteiger partial charge on any atom is 0.244 e. The highest BCUT2D eigenvalue weighted by Gasteiger charge is 2.27. The number of aromatic amines is 1. The maximum absolute atomic E-state index is 12.9. The van der Waals surface area contributed by atoms with Gasteiger partial charge in [-0.1, -0.05) is 18.2 Å². The van der Waals surface area contributed by atoms with Crippen LogP contribution >= 0.6 is 11.8 Å². The number of aromatic nitrogens is 2. The van der Waals surface area contributed by atoms with Crippen LogP contribution in [0.5, 0.6) is 0 Å². The quantitative estimate of drug-likeness (QED) is 0.510. The topological polar surface area (TPSA) is 100 Å². The van der Waals surface area contributed by atoms with Crippen molar-refractivity contribution in [3.8, 4) is 0 Å². The van der Waals surface area contributed by atoms with E-state index in [1.54, 1.807) is 32.9 Å². The average molecular weight is 450 g/mol. The van der Waals surface area contributed by atoms with Gasteiger partial charge in [0.15, 0.2) is 11.6 Å². The molecule has 1 aliphatic heterocycles. The standard InChI is InChI=1S/C21H27N3O4S2/c1-13-19(15(3)25)14(2)23-20(13)21(26)16(4)29-18-9-8-17(12-22-18)30(27,28)24-10-6-5-7-11-24/h8-9,12,16,23H,5-7,10-11H2,1-4H3. The molecule has 0 aliphatic carbocycles. The van der Waals surface area contributed by atoms with Crippen molar-refractivity contribution in [2.75, 3.05) is 13.1 Å². The van der Waals surface area contributed by atoms with E-state index >= 15 is 0 Å². The number of ketones is 2. The van der Waals surface area contributed by atoms with E-state index in [1.807, 2.05) is 0 Å². The second kappa shape index (κ2) is 9.03. The molecule has 1 unspecified atom stereocenters. The van der Waals surface area contributed by atoms with E-state index in [9.17, 15) is 18.0 Å². The molecule has 1 atom stereocenters. The molecule has 3 rings (SSSR count). The molecule has 0 spiro atoms. The molecule has 9 heteroatoms. The molecule has 0 amide bonds. The lowest BCUT2D eigenvalue weighted by Crippen LogP contribution is -2.35. The highest BCUT2D eigenvalue weighted by atomic mass is 32.2. The minimum absolute atomic E-state index is 0.0761. The summed E-state index contributed by atoms with van der Waals surface area (Å²) in [6, 6.07) is 3.19. The first-order chi connectivity index (χ1) is 14.1. The fourth-order valence-corrected chi connectivity index (χ4v) is 6.12. The summed E-state index contributed by atoms with van der Waals surface area (Å²) in [6.45, 7) is 7.89. The summed E-state index contributed by atoms with van der Waals surface area (Å²) in [5.41, 5.74) is 2.34. The van der Waals surface area contributed by atoms with Crippen LogP contribution in [0.25, 0.3) is 0 Å². The Balaban J connectivity index is 1.73. The van der Waals surface area contributed by atoms with Crippen LogP contribution in [0.2, 0.25) is 0 Å². The number of carbonyl (C=O) groups excluding carboxylic acids is 2. The Hall–Kier alpha value is -1.97. The summed E-state index contributed by atoms with van der Waals surface area (Å²) in [6.07, 6.45) is 4.17. The third kappa shape index (κ3) is 4.53. The van der Waals surface area contributed by atoms with Crippen molar-refractivity contribution in [1.82, 2.24) is 14.3 Å². The summed E-state index contributed by atoms with van der Waals surface area (Å²) >= 11 is 1.26. The predicted molar refractivity (Wildman–Crippen MR) is 117 cm³/mol. The summed E-state index contributed by atoms with van der Waals surface area (Å²) in [5, 5.41) is 0.125. The fourth-order valence-electron chi connectivity index (χ4n) is 3.81. The van der Waals surface area contributed by atoms with E-state index in [-0.39, 0.29) is 16.5 Å². The number of sulfonamides is 1.